The number of hydrogen-bond donors (Lipinski definition) is 1. The maximum Gasteiger partial charge on any atom is 0.0465 e. The second-order valence-corrected chi connectivity index (χ2v) is 4.55. The van der Waals surface area contributed by atoms with Gasteiger partial charge in [-0.2, -0.15) is 0 Å². The molecule has 0 heterocycles. The standard InChI is InChI=1S/C13H20O/c14-10-12-8-5-7-11-6-3-1-2-4-9-13(11)12/h3-4,6,9,11-14H,1-2,5,7-8,10H2/b6-3-,9-4-. The van der Waals surface area contributed by atoms with Crippen molar-refractivity contribution in [1.29, 1.82) is 0 Å². The molecule has 14 heavy (non-hydrogen) atoms. The summed E-state index contributed by atoms with van der Waals surface area (Å²) in [7, 11) is 0. The highest BCUT2D eigenvalue weighted by Gasteiger charge is 2.29. The van der Waals surface area contributed by atoms with Crippen molar-refractivity contribution < 1.29 is 5.11 Å². The van der Waals surface area contributed by atoms with Gasteiger partial charge in [0.2, 0.25) is 0 Å². The average molecular weight is 192 g/mol. The lowest BCUT2D eigenvalue weighted by molar-refractivity contribution is 0.134. The fourth-order valence-electron chi connectivity index (χ4n) is 2.80. The van der Waals surface area contributed by atoms with Gasteiger partial charge in [-0.1, -0.05) is 30.7 Å². The molecule has 0 spiro atoms. The molecule has 2 aliphatic rings. The molecule has 0 aliphatic heterocycles. The number of aliphatic hydroxyl groups excluding tert-OH is 1. The molecule has 2 aliphatic carbocycles. The summed E-state index contributed by atoms with van der Waals surface area (Å²) in [5, 5.41) is 9.33. The van der Waals surface area contributed by atoms with Gasteiger partial charge < -0.3 is 5.11 Å². The van der Waals surface area contributed by atoms with E-state index < -0.39 is 0 Å². The minimum atomic E-state index is 0.360. The third kappa shape index (κ3) is 2.09. The van der Waals surface area contributed by atoms with Gasteiger partial charge in [-0.15, -0.1) is 0 Å². The van der Waals surface area contributed by atoms with E-state index in [1.165, 1.54) is 25.7 Å². The molecular formula is C13H20O. The third-order valence-corrected chi connectivity index (χ3v) is 3.63. The quantitative estimate of drug-likeness (QED) is 0.633. The molecule has 0 bridgehead atoms. The molecule has 0 aromatic rings. The van der Waals surface area contributed by atoms with Gasteiger partial charge in [0.15, 0.2) is 0 Å². The Kier molecular flexibility index (Phi) is 3.41. The first-order chi connectivity index (χ1) is 6.92. The Morgan fingerprint density at radius 2 is 1.86 bits per heavy atom. The molecule has 1 fully saturated rings. The van der Waals surface area contributed by atoms with Crippen molar-refractivity contribution in [3.63, 3.8) is 0 Å². The molecule has 0 amide bonds. The molecule has 3 unspecified atom stereocenters. The van der Waals surface area contributed by atoms with Crippen LogP contribution in [0.1, 0.15) is 32.1 Å². The Hall–Kier alpha value is -0.560. The summed E-state index contributed by atoms with van der Waals surface area (Å²) < 4.78 is 0. The molecule has 3 atom stereocenters. The summed E-state index contributed by atoms with van der Waals surface area (Å²) in [6.07, 6.45) is 15.5. The summed E-state index contributed by atoms with van der Waals surface area (Å²) in [4.78, 5) is 0. The number of aliphatic hydroxyl groups is 1. The lowest BCUT2D eigenvalue weighted by atomic mass is 9.71. The molecule has 1 saturated carbocycles. The highest BCUT2D eigenvalue weighted by atomic mass is 16.3. The number of allylic oxidation sites excluding steroid dienone is 4. The SMILES string of the molecule is OCC1CCCC2/C=C\CC/C=C\C21. The van der Waals surface area contributed by atoms with Gasteiger partial charge in [0.1, 0.15) is 0 Å². The zero-order valence-corrected chi connectivity index (χ0v) is 8.73. The minimum absolute atomic E-state index is 0.360. The molecule has 78 valence electrons. The smallest absolute Gasteiger partial charge is 0.0465 e. The maximum atomic E-state index is 9.33. The summed E-state index contributed by atoms with van der Waals surface area (Å²) in [6, 6.07) is 0. The molecule has 1 N–H and O–H groups in total. The van der Waals surface area contributed by atoms with Crippen LogP contribution in [0.15, 0.2) is 24.3 Å². The summed E-state index contributed by atoms with van der Waals surface area (Å²) in [6.45, 7) is 0.360. The molecule has 1 nitrogen and oxygen atoms in total. The van der Waals surface area contributed by atoms with Gasteiger partial charge in [0.25, 0.3) is 0 Å². The van der Waals surface area contributed by atoms with E-state index in [0.717, 1.165) is 6.42 Å². The first-order valence-corrected chi connectivity index (χ1v) is 5.86. The summed E-state index contributed by atoms with van der Waals surface area (Å²) >= 11 is 0. The van der Waals surface area contributed by atoms with Crippen LogP contribution in [0, 0.1) is 17.8 Å². The van der Waals surface area contributed by atoms with Gasteiger partial charge in [-0.25, -0.2) is 0 Å². The van der Waals surface area contributed by atoms with Crippen LogP contribution in [-0.4, -0.2) is 11.7 Å². The second-order valence-electron chi connectivity index (χ2n) is 4.55. The lowest BCUT2D eigenvalue weighted by Crippen LogP contribution is -2.28. The highest BCUT2D eigenvalue weighted by Crippen LogP contribution is 2.37. The molecule has 0 radical (unpaired) electrons. The van der Waals surface area contributed by atoms with Crippen molar-refractivity contribution >= 4 is 0 Å². The molecule has 1 heteroatoms. The lowest BCUT2D eigenvalue weighted by Gasteiger charge is -2.34. The molecule has 2 rings (SSSR count). The Labute approximate surface area is 86.5 Å². The van der Waals surface area contributed by atoms with Crippen molar-refractivity contribution in [3.8, 4) is 0 Å². The maximum absolute atomic E-state index is 9.33. The van der Waals surface area contributed by atoms with E-state index in [1.54, 1.807) is 0 Å². The van der Waals surface area contributed by atoms with Crippen molar-refractivity contribution in [3.05, 3.63) is 24.3 Å². The topological polar surface area (TPSA) is 20.2 Å². The van der Waals surface area contributed by atoms with E-state index in [1.807, 2.05) is 0 Å². The van der Waals surface area contributed by atoms with E-state index in [9.17, 15) is 5.11 Å². The zero-order chi connectivity index (χ0) is 9.80. The normalized spacial score (nSPS) is 41.9. The van der Waals surface area contributed by atoms with Gasteiger partial charge in [-0.3, -0.25) is 0 Å². The predicted octanol–water partition coefficient (Wildman–Crippen LogP) is 2.92. The fourth-order valence-corrected chi connectivity index (χ4v) is 2.80. The van der Waals surface area contributed by atoms with Gasteiger partial charge in [0, 0.05) is 6.61 Å². The minimum Gasteiger partial charge on any atom is -0.396 e. The number of hydrogen-bond acceptors (Lipinski definition) is 1. The van der Waals surface area contributed by atoms with E-state index >= 15 is 0 Å². The number of fused-ring (bicyclic) bond motifs is 1. The zero-order valence-electron chi connectivity index (χ0n) is 8.73. The summed E-state index contributed by atoms with van der Waals surface area (Å²) in [5.74, 6) is 1.80. The first kappa shape index (κ1) is 9.97. The van der Waals surface area contributed by atoms with Crippen LogP contribution in [-0.2, 0) is 0 Å². The third-order valence-electron chi connectivity index (χ3n) is 3.63. The van der Waals surface area contributed by atoms with Crippen molar-refractivity contribution in [2.24, 2.45) is 17.8 Å². The van der Waals surface area contributed by atoms with E-state index in [4.69, 9.17) is 0 Å². The van der Waals surface area contributed by atoms with Gasteiger partial charge in [-0.05, 0) is 43.4 Å². The Balaban J connectivity index is 2.12. The van der Waals surface area contributed by atoms with E-state index in [0.29, 0.717) is 24.4 Å². The van der Waals surface area contributed by atoms with Gasteiger partial charge >= 0.3 is 0 Å². The van der Waals surface area contributed by atoms with Gasteiger partial charge in [0.05, 0.1) is 0 Å². The molecule has 0 saturated heterocycles. The van der Waals surface area contributed by atoms with Crippen molar-refractivity contribution in [1.82, 2.24) is 0 Å². The summed E-state index contributed by atoms with van der Waals surface area (Å²) in [5.41, 5.74) is 0. The van der Waals surface area contributed by atoms with Crippen LogP contribution >= 0.6 is 0 Å². The Morgan fingerprint density at radius 1 is 1.07 bits per heavy atom. The Morgan fingerprint density at radius 3 is 2.64 bits per heavy atom. The number of rotatable bonds is 1. The van der Waals surface area contributed by atoms with Crippen LogP contribution in [0.3, 0.4) is 0 Å². The van der Waals surface area contributed by atoms with E-state index in [-0.39, 0.29) is 0 Å². The monoisotopic (exact) mass is 192 g/mol. The average Bonchev–Trinajstić information content (AvgIpc) is 2.18. The second kappa shape index (κ2) is 4.79. The Bertz CT molecular complexity index is 229. The fraction of sp³-hybridized carbons (Fsp3) is 0.692. The van der Waals surface area contributed by atoms with Crippen LogP contribution in [0.5, 0.6) is 0 Å². The molecule has 0 aromatic carbocycles. The largest absolute Gasteiger partial charge is 0.396 e. The molecular weight excluding hydrogens is 172 g/mol. The van der Waals surface area contributed by atoms with Crippen LogP contribution < -0.4 is 0 Å². The van der Waals surface area contributed by atoms with Crippen molar-refractivity contribution in [2.45, 2.75) is 32.1 Å². The van der Waals surface area contributed by atoms with Crippen molar-refractivity contribution in [2.75, 3.05) is 6.61 Å². The first-order valence-electron chi connectivity index (χ1n) is 5.86. The highest BCUT2D eigenvalue weighted by molar-refractivity contribution is 5.06. The molecule has 0 aromatic heterocycles. The van der Waals surface area contributed by atoms with Crippen LogP contribution in [0.4, 0.5) is 0 Å². The van der Waals surface area contributed by atoms with Crippen LogP contribution in [0.2, 0.25) is 0 Å². The van der Waals surface area contributed by atoms with Crippen LogP contribution in [0.25, 0.3) is 0 Å². The predicted molar refractivity (Wildman–Crippen MR) is 58.9 cm³/mol. The van der Waals surface area contributed by atoms with E-state index in [2.05, 4.69) is 24.3 Å².